The van der Waals surface area contributed by atoms with Crippen LogP contribution in [0.2, 0.25) is 0 Å². The number of nitrogens with zero attached hydrogens (tertiary/aromatic N) is 12. The maximum absolute atomic E-state index is 13.0. The summed E-state index contributed by atoms with van der Waals surface area (Å²) < 4.78 is 14.8. The first-order valence-corrected chi connectivity index (χ1v) is 26.3. The maximum Gasteiger partial charge on any atom is 0.270 e. The predicted molar refractivity (Wildman–Crippen MR) is 308 cm³/mol. The molecular weight excluding hydrogens is 1020 g/mol. The van der Waals surface area contributed by atoms with Crippen LogP contribution in [0.25, 0.3) is 22.1 Å². The van der Waals surface area contributed by atoms with Crippen LogP contribution < -0.4 is 22.2 Å². The van der Waals surface area contributed by atoms with Crippen LogP contribution in [0.3, 0.4) is 0 Å². The highest BCUT2D eigenvalue weighted by molar-refractivity contribution is 7.84. The molecule has 1 unspecified atom stereocenters. The van der Waals surface area contributed by atoms with E-state index >= 15 is 0 Å². The molecule has 2 saturated heterocycles. The van der Waals surface area contributed by atoms with Gasteiger partial charge < -0.3 is 30.7 Å². The van der Waals surface area contributed by atoms with Crippen molar-refractivity contribution in [1.82, 2.24) is 48.7 Å². The SMILES string of the molecule is C.CN(C)[C@H]1CCN(C(=O)c2ccc(N)cc2)C1.CN(C)[C@H]1CCN(C(=O)c2ccc(Nc3ncc4cc(C#N)c(=O)n(C5CCCC5)c4n3)cc2)C1.CS(=O)c1ncc2cc(C#N)c(=O)n(C3CCCC3)c2n1.S.S. The Balaban J connectivity index is 0.000000223. The molecule has 19 nitrogen and oxygen atoms in total. The van der Waals surface area contributed by atoms with Crippen molar-refractivity contribution in [1.29, 1.82) is 10.5 Å². The lowest BCUT2D eigenvalue weighted by Crippen LogP contribution is -2.34. The number of anilines is 3. The van der Waals surface area contributed by atoms with Crippen molar-refractivity contribution in [3.63, 3.8) is 0 Å². The molecule has 4 fully saturated rings. The van der Waals surface area contributed by atoms with Gasteiger partial charge in [0.1, 0.15) is 34.6 Å². The number of hydrogen-bond acceptors (Lipinski definition) is 15. The van der Waals surface area contributed by atoms with Crippen LogP contribution in [-0.2, 0) is 10.8 Å². The highest BCUT2D eigenvalue weighted by atomic mass is 32.2. The number of hydrogen-bond donors (Lipinski definition) is 2. The molecule has 404 valence electrons. The average molecular weight is 1090 g/mol. The lowest BCUT2D eigenvalue weighted by atomic mass is 10.2. The van der Waals surface area contributed by atoms with Gasteiger partial charge in [0.15, 0.2) is 0 Å². The number of carbonyl (C=O) groups is 2. The molecule has 76 heavy (non-hydrogen) atoms. The number of nitrogen functional groups attached to an aromatic ring is 1. The summed E-state index contributed by atoms with van der Waals surface area (Å²) in [5.41, 5.74) is 9.03. The molecule has 4 aliphatic rings. The second kappa shape index (κ2) is 26.9. The van der Waals surface area contributed by atoms with Crippen molar-refractivity contribution in [3.05, 3.63) is 116 Å². The summed E-state index contributed by atoms with van der Waals surface area (Å²) in [7, 11) is 6.89. The molecule has 0 spiro atoms. The van der Waals surface area contributed by atoms with E-state index in [-0.39, 0.29) is 85.7 Å². The molecule has 6 aromatic rings. The minimum Gasteiger partial charge on any atom is -0.399 e. The molecule has 3 N–H and O–H groups in total. The van der Waals surface area contributed by atoms with Gasteiger partial charge in [-0.2, -0.15) is 42.5 Å². The first-order chi connectivity index (χ1) is 35.1. The molecule has 10 rings (SSSR count). The van der Waals surface area contributed by atoms with Crippen molar-refractivity contribution >= 4 is 89.0 Å². The minimum absolute atomic E-state index is 0. The van der Waals surface area contributed by atoms with Crippen molar-refractivity contribution in [3.8, 4) is 12.1 Å². The van der Waals surface area contributed by atoms with Crippen LogP contribution in [0.4, 0.5) is 17.3 Å². The normalized spacial score (nSPS) is 17.6. The van der Waals surface area contributed by atoms with Gasteiger partial charge in [0.2, 0.25) is 11.1 Å². The smallest absolute Gasteiger partial charge is 0.270 e. The van der Waals surface area contributed by atoms with E-state index in [0.29, 0.717) is 51.3 Å². The van der Waals surface area contributed by atoms with Gasteiger partial charge in [-0.15, -0.1) is 0 Å². The lowest BCUT2D eigenvalue weighted by Gasteiger charge is -2.20. The van der Waals surface area contributed by atoms with Gasteiger partial charge >= 0.3 is 0 Å². The molecule has 3 atom stereocenters. The Morgan fingerprint density at radius 3 is 1.50 bits per heavy atom. The van der Waals surface area contributed by atoms with Crippen LogP contribution in [0.5, 0.6) is 0 Å². The van der Waals surface area contributed by atoms with Crippen LogP contribution in [-0.4, -0.2) is 137 Å². The average Bonchev–Trinajstić information content (AvgIpc) is 4.26. The van der Waals surface area contributed by atoms with Gasteiger partial charge in [-0.25, -0.2) is 15.0 Å². The minimum atomic E-state index is -1.31. The summed E-state index contributed by atoms with van der Waals surface area (Å²) in [5.74, 6) is 0.506. The number of amides is 2. The van der Waals surface area contributed by atoms with E-state index in [9.17, 15) is 28.6 Å². The van der Waals surface area contributed by atoms with E-state index in [0.717, 1.165) is 102 Å². The standard InChI is InChI=1S/C26H29N7O2.C14H14N4O2S.C13H19N3O.CH4.2H2S/c1-31(2)22-11-12-32(16-22)24(34)17-7-9-20(10-8-17)29-26-28-15-19-13-18(14-27)25(35)33(23(19)30-26)21-5-3-4-6-21;1-21(20)14-16-8-10-6-9(7-15)13(19)18(12(10)17-14)11-4-2-3-5-11;1-15(2)12-7-8-16(9-12)13(17)10-3-5-11(14)6-4-10;;;/h7-10,13,15,21-22H,3-6,11-12,16H2,1-2H3,(H,28,29,30);6,8,11H,2-5H2,1H3;3-6,12H,7-9,14H2,1-2H3;1H4;2*1H2/t22-;;12-;;;/m0.0.../s1. The van der Waals surface area contributed by atoms with E-state index in [2.05, 4.69) is 49.1 Å². The van der Waals surface area contributed by atoms with Crippen molar-refractivity contribution in [2.24, 2.45) is 0 Å². The Morgan fingerprint density at radius 2 is 1.09 bits per heavy atom. The van der Waals surface area contributed by atoms with Crippen molar-refractivity contribution < 1.29 is 13.8 Å². The summed E-state index contributed by atoms with van der Waals surface area (Å²) in [6.07, 6.45) is 14.6. The highest BCUT2D eigenvalue weighted by Gasteiger charge is 2.30. The number of nitrogens with one attached hydrogen (secondary N) is 1. The van der Waals surface area contributed by atoms with E-state index < -0.39 is 10.8 Å². The molecule has 2 aliphatic carbocycles. The Hall–Kier alpha value is -6.69. The quantitative estimate of drug-likeness (QED) is 0.113. The number of nitrogens with two attached hydrogens (primary N) is 1. The molecule has 6 heterocycles. The van der Waals surface area contributed by atoms with E-state index in [4.69, 9.17) is 11.0 Å². The van der Waals surface area contributed by atoms with E-state index in [1.165, 1.54) is 18.5 Å². The number of rotatable bonds is 9. The Labute approximate surface area is 460 Å². The molecule has 2 saturated carbocycles. The van der Waals surface area contributed by atoms with Gasteiger partial charge in [0.25, 0.3) is 22.9 Å². The second-order valence-electron chi connectivity index (χ2n) is 19.6. The molecule has 0 radical (unpaired) electrons. The summed E-state index contributed by atoms with van der Waals surface area (Å²) in [6, 6.07) is 22.4. The molecule has 0 bridgehead atoms. The summed E-state index contributed by atoms with van der Waals surface area (Å²) in [5, 5.41) is 23.2. The van der Waals surface area contributed by atoms with Gasteiger partial charge in [-0.1, -0.05) is 33.1 Å². The molecule has 22 heteroatoms. The maximum atomic E-state index is 13.0. The predicted octanol–water partition coefficient (Wildman–Crippen LogP) is 6.72. The third-order valence-corrected chi connectivity index (χ3v) is 15.0. The third kappa shape index (κ3) is 13.6. The molecular formula is C54H70N14O5S3. The first kappa shape index (κ1) is 60.2. The Kier molecular flexibility index (Phi) is 21.3. The monoisotopic (exact) mass is 1090 g/mol. The largest absolute Gasteiger partial charge is 0.399 e. The third-order valence-electron chi connectivity index (χ3n) is 14.3. The zero-order valence-corrected chi connectivity index (χ0v) is 45.8. The number of likely N-dealkylation sites (N-methyl/N-ethyl adjacent to an activating group) is 2. The second-order valence-corrected chi connectivity index (χ2v) is 20.8. The number of carbonyl (C=O) groups excluding carboxylic acids is 2. The zero-order valence-electron chi connectivity index (χ0n) is 43.0. The van der Waals surface area contributed by atoms with Crippen LogP contribution in [0.1, 0.15) is 116 Å². The summed E-state index contributed by atoms with van der Waals surface area (Å²) in [4.78, 5) is 76.1. The molecule has 2 aliphatic heterocycles. The molecule has 4 aromatic heterocycles. The van der Waals surface area contributed by atoms with Gasteiger partial charge in [0.05, 0.1) is 10.8 Å². The van der Waals surface area contributed by atoms with Gasteiger partial charge in [0, 0.05) is 102 Å². The Morgan fingerprint density at radius 1 is 0.671 bits per heavy atom. The number of nitriles is 2. The number of aromatic nitrogens is 6. The first-order valence-electron chi connectivity index (χ1n) is 24.8. The molecule has 2 aromatic carbocycles. The zero-order chi connectivity index (χ0) is 51.9. The van der Waals surface area contributed by atoms with Crippen LogP contribution in [0.15, 0.2) is 87.8 Å². The van der Waals surface area contributed by atoms with E-state index in [1.54, 1.807) is 45.7 Å². The molecule has 2 amide bonds. The van der Waals surface area contributed by atoms with Crippen molar-refractivity contribution in [2.45, 2.75) is 101 Å². The fourth-order valence-electron chi connectivity index (χ4n) is 10.1. The van der Waals surface area contributed by atoms with Crippen LogP contribution >= 0.6 is 27.0 Å². The van der Waals surface area contributed by atoms with Gasteiger partial charge in [-0.3, -0.25) is 32.5 Å². The number of pyridine rings is 2. The number of benzene rings is 2. The van der Waals surface area contributed by atoms with Gasteiger partial charge in [-0.05, 0) is 127 Å². The fraction of sp³-hybridized carbons (Fsp3) is 0.444. The summed E-state index contributed by atoms with van der Waals surface area (Å²) in [6.45, 7) is 3.16. The van der Waals surface area contributed by atoms with E-state index in [1.807, 2.05) is 60.3 Å². The summed E-state index contributed by atoms with van der Waals surface area (Å²) >= 11 is 0. The van der Waals surface area contributed by atoms with Crippen molar-refractivity contribution in [2.75, 3.05) is 71.7 Å². The highest BCUT2D eigenvalue weighted by Crippen LogP contribution is 2.32. The lowest BCUT2D eigenvalue weighted by molar-refractivity contribution is 0.0775. The fourth-order valence-corrected chi connectivity index (χ4v) is 10.5. The Bertz CT molecular complexity index is 3230. The van der Waals surface area contributed by atoms with Crippen LogP contribution in [0, 0.1) is 22.7 Å². The number of likely N-dealkylation sites (tertiary alicyclic amines) is 2. The topological polar surface area (TPSA) is 245 Å². The number of fused-ring (bicyclic) bond motifs is 2.